The summed E-state index contributed by atoms with van der Waals surface area (Å²) in [6, 6.07) is 4.29. The standard InChI is InChI=1S/C12H17ClN2/c1-9(2)12(15-7-10(3)13)11-5-4-6-14-8-11/h4-6,8-9,12,15H,3,7H2,1-2H3. The molecule has 1 N–H and O–H groups in total. The van der Waals surface area contributed by atoms with Crippen molar-refractivity contribution in [1.29, 1.82) is 0 Å². The predicted octanol–water partition coefficient (Wildman–Crippen LogP) is 3.12. The van der Waals surface area contributed by atoms with E-state index >= 15 is 0 Å². The summed E-state index contributed by atoms with van der Waals surface area (Å²) >= 11 is 5.74. The molecule has 2 nitrogen and oxygen atoms in total. The molecule has 0 fully saturated rings. The molecule has 0 radical (unpaired) electrons. The van der Waals surface area contributed by atoms with Gasteiger partial charge in [-0.05, 0) is 17.5 Å². The van der Waals surface area contributed by atoms with Gasteiger partial charge in [-0.25, -0.2) is 0 Å². The summed E-state index contributed by atoms with van der Waals surface area (Å²) in [5, 5.41) is 3.99. The van der Waals surface area contributed by atoms with Crippen molar-refractivity contribution in [3.05, 3.63) is 41.7 Å². The smallest absolute Gasteiger partial charge is 0.0361 e. The maximum absolute atomic E-state index is 5.74. The number of rotatable bonds is 5. The second-order valence-corrected chi connectivity index (χ2v) is 4.44. The fourth-order valence-electron chi connectivity index (χ4n) is 1.52. The van der Waals surface area contributed by atoms with Gasteiger partial charge in [-0.3, -0.25) is 4.98 Å². The van der Waals surface area contributed by atoms with Gasteiger partial charge in [0.25, 0.3) is 0 Å². The summed E-state index contributed by atoms with van der Waals surface area (Å²) in [5.74, 6) is 0.491. The van der Waals surface area contributed by atoms with Crippen molar-refractivity contribution in [2.24, 2.45) is 5.92 Å². The van der Waals surface area contributed by atoms with E-state index in [1.807, 2.05) is 12.3 Å². The number of hydrogen-bond donors (Lipinski definition) is 1. The monoisotopic (exact) mass is 224 g/mol. The highest BCUT2D eigenvalue weighted by molar-refractivity contribution is 6.29. The zero-order chi connectivity index (χ0) is 11.3. The average Bonchev–Trinajstić information content (AvgIpc) is 2.18. The Balaban J connectivity index is 2.70. The van der Waals surface area contributed by atoms with E-state index < -0.39 is 0 Å². The Morgan fingerprint density at radius 1 is 1.60 bits per heavy atom. The van der Waals surface area contributed by atoms with Crippen LogP contribution < -0.4 is 5.32 Å². The molecule has 0 saturated heterocycles. The zero-order valence-corrected chi connectivity index (χ0v) is 9.96. The molecule has 0 saturated carbocycles. The van der Waals surface area contributed by atoms with Crippen LogP contribution in [0.1, 0.15) is 25.5 Å². The fourth-order valence-corrected chi connectivity index (χ4v) is 1.60. The molecule has 0 bridgehead atoms. The van der Waals surface area contributed by atoms with Crippen LogP contribution in [0.3, 0.4) is 0 Å². The van der Waals surface area contributed by atoms with Gasteiger partial charge in [0.05, 0.1) is 0 Å². The van der Waals surface area contributed by atoms with Gasteiger partial charge in [0.2, 0.25) is 0 Å². The molecule has 82 valence electrons. The molecule has 1 unspecified atom stereocenters. The van der Waals surface area contributed by atoms with E-state index in [0.717, 1.165) is 0 Å². The van der Waals surface area contributed by atoms with Crippen LogP contribution in [0.2, 0.25) is 0 Å². The second kappa shape index (κ2) is 5.89. The third kappa shape index (κ3) is 4.02. The molecule has 1 rings (SSSR count). The molecular weight excluding hydrogens is 208 g/mol. The van der Waals surface area contributed by atoms with Crippen LogP contribution in [0.4, 0.5) is 0 Å². The molecule has 0 amide bonds. The average molecular weight is 225 g/mol. The van der Waals surface area contributed by atoms with Crippen molar-refractivity contribution in [3.8, 4) is 0 Å². The molecule has 1 atom stereocenters. The Kier molecular flexibility index (Phi) is 4.79. The van der Waals surface area contributed by atoms with Gasteiger partial charge in [-0.1, -0.05) is 38.1 Å². The largest absolute Gasteiger partial charge is 0.305 e. The minimum absolute atomic E-state index is 0.272. The van der Waals surface area contributed by atoms with Gasteiger partial charge in [0.15, 0.2) is 0 Å². The van der Waals surface area contributed by atoms with Gasteiger partial charge >= 0.3 is 0 Å². The molecular formula is C12H17ClN2. The Morgan fingerprint density at radius 2 is 2.33 bits per heavy atom. The maximum atomic E-state index is 5.74. The highest BCUT2D eigenvalue weighted by Gasteiger charge is 2.14. The molecule has 3 heteroatoms. The van der Waals surface area contributed by atoms with Crippen LogP contribution in [-0.4, -0.2) is 11.5 Å². The number of nitrogens with zero attached hydrogens (tertiary/aromatic N) is 1. The van der Waals surface area contributed by atoms with Gasteiger partial charge in [0, 0.05) is 30.0 Å². The lowest BCUT2D eigenvalue weighted by atomic mass is 9.97. The zero-order valence-electron chi connectivity index (χ0n) is 9.20. The first-order chi connectivity index (χ1) is 7.11. The van der Waals surface area contributed by atoms with Gasteiger partial charge < -0.3 is 5.32 Å². The molecule has 1 aromatic heterocycles. The van der Waals surface area contributed by atoms with E-state index in [1.54, 1.807) is 6.20 Å². The van der Waals surface area contributed by atoms with Crippen LogP contribution in [0.15, 0.2) is 36.1 Å². The number of pyridine rings is 1. The summed E-state index contributed by atoms with van der Waals surface area (Å²) in [4.78, 5) is 4.12. The van der Waals surface area contributed by atoms with Crippen LogP contribution in [0.5, 0.6) is 0 Å². The van der Waals surface area contributed by atoms with Crippen molar-refractivity contribution in [1.82, 2.24) is 10.3 Å². The molecule has 0 aromatic carbocycles. The summed E-state index contributed by atoms with van der Waals surface area (Å²) < 4.78 is 0. The van der Waals surface area contributed by atoms with Crippen molar-refractivity contribution >= 4 is 11.6 Å². The maximum Gasteiger partial charge on any atom is 0.0361 e. The lowest BCUT2D eigenvalue weighted by Gasteiger charge is -2.22. The minimum Gasteiger partial charge on any atom is -0.305 e. The molecule has 0 aliphatic carbocycles. The van der Waals surface area contributed by atoms with Crippen LogP contribution in [0, 0.1) is 5.92 Å². The summed E-state index contributed by atoms with van der Waals surface area (Å²) in [7, 11) is 0. The first-order valence-electron chi connectivity index (χ1n) is 5.08. The van der Waals surface area contributed by atoms with E-state index in [4.69, 9.17) is 11.6 Å². The second-order valence-electron chi connectivity index (χ2n) is 3.91. The van der Waals surface area contributed by atoms with Crippen LogP contribution >= 0.6 is 11.6 Å². The number of halogens is 1. The van der Waals surface area contributed by atoms with Crippen molar-refractivity contribution < 1.29 is 0 Å². The van der Waals surface area contributed by atoms with Gasteiger partial charge in [-0.15, -0.1) is 0 Å². The lowest BCUT2D eigenvalue weighted by Crippen LogP contribution is -2.26. The van der Waals surface area contributed by atoms with Crippen molar-refractivity contribution in [2.75, 3.05) is 6.54 Å². The van der Waals surface area contributed by atoms with E-state index in [1.165, 1.54) is 5.56 Å². The summed E-state index contributed by atoms with van der Waals surface area (Å²) in [5.41, 5.74) is 1.19. The SMILES string of the molecule is C=C(Cl)CNC(c1cccnc1)C(C)C. The van der Waals surface area contributed by atoms with Crippen LogP contribution in [-0.2, 0) is 0 Å². The third-order valence-electron chi connectivity index (χ3n) is 2.22. The Hall–Kier alpha value is -0.860. The van der Waals surface area contributed by atoms with Crippen molar-refractivity contribution in [2.45, 2.75) is 19.9 Å². The van der Waals surface area contributed by atoms with E-state index in [2.05, 4.69) is 36.8 Å². The first kappa shape index (κ1) is 12.2. The molecule has 15 heavy (non-hydrogen) atoms. The van der Waals surface area contributed by atoms with E-state index in [9.17, 15) is 0 Å². The Labute approximate surface area is 96.4 Å². The Bertz CT molecular complexity index is 309. The third-order valence-corrected chi connectivity index (χ3v) is 2.36. The molecule has 1 heterocycles. The topological polar surface area (TPSA) is 24.9 Å². The summed E-state index contributed by atoms with van der Waals surface area (Å²) in [6.07, 6.45) is 3.66. The number of aromatic nitrogens is 1. The highest BCUT2D eigenvalue weighted by Crippen LogP contribution is 2.20. The first-order valence-corrected chi connectivity index (χ1v) is 5.45. The number of nitrogens with one attached hydrogen (secondary N) is 1. The lowest BCUT2D eigenvalue weighted by molar-refractivity contribution is 0.427. The minimum atomic E-state index is 0.272. The Morgan fingerprint density at radius 3 is 2.80 bits per heavy atom. The molecule has 0 aliphatic rings. The summed E-state index contributed by atoms with van der Waals surface area (Å²) in [6.45, 7) is 8.63. The van der Waals surface area contributed by atoms with Gasteiger partial charge in [-0.2, -0.15) is 0 Å². The molecule has 1 aromatic rings. The molecule has 0 aliphatic heterocycles. The quantitative estimate of drug-likeness (QED) is 0.832. The normalized spacial score (nSPS) is 12.8. The molecule has 0 spiro atoms. The fraction of sp³-hybridized carbons (Fsp3) is 0.417. The predicted molar refractivity (Wildman–Crippen MR) is 64.8 cm³/mol. The van der Waals surface area contributed by atoms with Gasteiger partial charge in [0.1, 0.15) is 0 Å². The van der Waals surface area contributed by atoms with E-state index in [-0.39, 0.29) is 6.04 Å². The van der Waals surface area contributed by atoms with Crippen molar-refractivity contribution in [3.63, 3.8) is 0 Å². The van der Waals surface area contributed by atoms with E-state index in [0.29, 0.717) is 17.5 Å². The van der Waals surface area contributed by atoms with Crippen LogP contribution in [0.25, 0.3) is 0 Å². The highest BCUT2D eigenvalue weighted by atomic mass is 35.5. The number of hydrogen-bond acceptors (Lipinski definition) is 2.